The predicted molar refractivity (Wildman–Crippen MR) is 57.0 cm³/mol. The minimum absolute atomic E-state index is 0.300. The molecule has 14 heavy (non-hydrogen) atoms. The lowest BCUT2D eigenvalue weighted by molar-refractivity contribution is 0.162. The molecule has 74 valence electrons. The molecule has 0 radical (unpaired) electrons. The second kappa shape index (κ2) is 3.82. The van der Waals surface area contributed by atoms with Crippen molar-refractivity contribution in [1.29, 1.82) is 0 Å². The van der Waals surface area contributed by atoms with Gasteiger partial charge in [0.2, 0.25) is 0 Å². The Morgan fingerprint density at radius 3 is 2.29 bits per heavy atom. The van der Waals surface area contributed by atoms with Gasteiger partial charge in [-0.3, -0.25) is 0 Å². The van der Waals surface area contributed by atoms with Crippen LogP contribution < -0.4 is 5.73 Å². The summed E-state index contributed by atoms with van der Waals surface area (Å²) in [5, 5.41) is 11.8. The van der Waals surface area contributed by atoms with E-state index in [-0.39, 0.29) is 0 Å². The molecule has 1 atom stereocenters. The van der Waals surface area contributed by atoms with Gasteiger partial charge in [-0.05, 0) is 10.8 Å². The van der Waals surface area contributed by atoms with Gasteiger partial charge in [0, 0.05) is 25.5 Å². The van der Waals surface area contributed by atoms with E-state index in [1.54, 1.807) is 0 Å². The van der Waals surface area contributed by atoms with Crippen LogP contribution in [0.3, 0.4) is 0 Å². The molecule has 0 aliphatic carbocycles. The molecule has 0 spiro atoms. The third-order valence-corrected chi connectivity index (χ3v) is 2.30. The minimum Gasteiger partial charge on any atom is -0.390 e. The number of nitrogens with zero attached hydrogens (tertiary/aromatic N) is 1. The molecule has 0 saturated carbocycles. The van der Waals surface area contributed by atoms with Crippen molar-refractivity contribution in [3.05, 3.63) is 36.7 Å². The van der Waals surface area contributed by atoms with E-state index in [1.165, 1.54) is 10.8 Å². The molecular formula is C11H14N2O. The number of aliphatic hydroxyl groups excluding tert-OH is 1. The number of benzene rings is 1. The summed E-state index contributed by atoms with van der Waals surface area (Å²) in [7, 11) is 0. The number of aromatic nitrogens is 1. The van der Waals surface area contributed by atoms with Crippen LogP contribution in [0.4, 0.5) is 0 Å². The zero-order valence-electron chi connectivity index (χ0n) is 7.93. The van der Waals surface area contributed by atoms with Crippen LogP contribution in [-0.4, -0.2) is 22.3 Å². The van der Waals surface area contributed by atoms with Crippen molar-refractivity contribution in [1.82, 2.24) is 4.57 Å². The molecule has 0 fully saturated rings. The first-order valence-corrected chi connectivity index (χ1v) is 4.72. The molecule has 3 heteroatoms. The minimum atomic E-state index is -0.461. The summed E-state index contributed by atoms with van der Waals surface area (Å²) in [5.74, 6) is 0. The van der Waals surface area contributed by atoms with Gasteiger partial charge in [0.05, 0.1) is 6.10 Å². The Morgan fingerprint density at radius 1 is 1.21 bits per heavy atom. The summed E-state index contributed by atoms with van der Waals surface area (Å²) in [4.78, 5) is 0. The van der Waals surface area contributed by atoms with Crippen LogP contribution >= 0.6 is 0 Å². The fraction of sp³-hybridized carbons (Fsp3) is 0.273. The number of aliphatic hydroxyl groups is 1. The predicted octanol–water partition coefficient (Wildman–Crippen LogP) is 0.961. The maximum Gasteiger partial charge on any atom is 0.0840 e. The normalized spacial score (nSPS) is 13.3. The van der Waals surface area contributed by atoms with E-state index in [0.29, 0.717) is 13.1 Å². The average Bonchev–Trinajstić information content (AvgIpc) is 2.59. The Bertz CT molecular complexity index is 389. The van der Waals surface area contributed by atoms with E-state index in [0.717, 1.165) is 0 Å². The van der Waals surface area contributed by atoms with Gasteiger partial charge in [-0.2, -0.15) is 0 Å². The molecule has 0 bridgehead atoms. The molecule has 0 unspecified atom stereocenters. The Hall–Kier alpha value is -1.32. The first-order valence-electron chi connectivity index (χ1n) is 4.72. The molecule has 2 rings (SSSR count). The second-order valence-electron chi connectivity index (χ2n) is 3.47. The maximum atomic E-state index is 9.39. The quantitative estimate of drug-likeness (QED) is 0.757. The Balaban J connectivity index is 2.27. The lowest BCUT2D eigenvalue weighted by Gasteiger charge is -2.07. The van der Waals surface area contributed by atoms with Crippen LogP contribution in [0.15, 0.2) is 36.7 Å². The fourth-order valence-corrected chi connectivity index (χ4v) is 1.56. The summed E-state index contributed by atoms with van der Waals surface area (Å²) < 4.78 is 1.97. The number of fused-ring (bicyclic) bond motifs is 1. The highest BCUT2D eigenvalue weighted by atomic mass is 16.3. The van der Waals surface area contributed by atoms with E-state index in [4.69, 9.17) is 5.73 Å². The van der Waals surface area contributed by atoms with Gasteiger partial charge in [-0.15, -0.1) is 0 Å². The molecule has 0 aliphatic heterocycles. The van der Waals surface area contributed by atoms with Gasteiger partial charge in [-0.25, -0.2) is 0 Å². The van der Waals surface area contributed by atoms with Crippen LogP contribution in [-0.2, 0) is 6.54 Å². The molecule has 2 aromatic rings. The summed E-state index contributed by atoms with van der Waals surface area (Å²) in [6.45, 7) is 0.861. The zero-order valence-corrected chi connectivity index (χ0v) is 7.93. The molecular weight excluding hydrogens is 176 g/mol. The van der Waals surface area contributed by atoms with Gasteiger partial charge in [0.15, 0.2) is 0 Å². The average molecular weight is 190 g/mol. The summed E-state index contributed by atoms with van der Waals surface area (Å²) in [5.41, 5.74) is 5.35. The number of hydrogen-bond donors (Lipinski definition) is 2. The third kappa shape index (κ3) is 1.78. The fourth-order valence-electron chi connectivity index (χ4n) is 1.56. The number of hydrogen-bond acceptors (Lipinski definition) is 2. The highest BCUT2D eigenvalue weighted by Crippen LogP contribution is 2.14. The second-order valence-corrected chi connectivity index (χ2v) is 3.47. The van der Waals surface area contributed by atoms with Gasteiger partial charge < -0.3 is 15.4 Å². The first kappa shape index (κ1) is 9.24. The van der Waals surface area contributed by atoms with Crippen LogP contribution in [0, 0.1) is 0 Å². The smallest absolute Gasteiger partial charge is 0.0840 e. The molecule has 0 saturated heterocycles. The van der Waals surface area contributed by atoms with Gasteiger partial charge in [0.25, 0.3) is 0 Å². The molecule has 3 nitrogen and oxygen atoms in total. The lowest BCUT2D eigenvalue weighted by atomic mass is 10.2. The summed E-state index contributed by atoms with van der Waals surface area (Å²) in [6, 6.07) is 8.12. The molecule has 0 amide bonds. The van der Waals surface area contributed by atoms with Gasteiger partial charge >= 0.3 is 0 Å². The molecule has 1 heterocycles. The van der Waals surface area contributed by atoms with E-state index in [9.17, 15) is 5.11 Å². The van der Waals surface area contributed by atoms with Crippen LogP contribution in [0.1, 0.15) is 0 Å². The Labute approximate surface area is 82.8 Å². The maximum absolute atomic E-state index is 9.39. The van der Waals surface area contributed by atoms with Crippen LogP contribution in [0.2, 0.25) is 0 Å². The van der Waals surface area contributed by atoms with Gasteiger partial charge in [-0.1, -0.05) is 24.3 Å². The third-order valence-electron chi connectivity index (χ3n) is 2.30. The highest BCUT2D eigenvalue weighted by molar-refractivity contribution is 5.81. The summed E-state index contributed by atoms with van der Waals surface area (Å²) in [6.07, 6.45) is 3.58. The van der Waals surface area contributed by atoms with E-state index in [1.807, 2.05) is 29.1 Å². The van der Waals surface area contributed by atoms with E-state index >= 15 is 0 Å². The van der Waals surface area contributed by atoms with Crippen molar-refractivity contribution < 1.29 is 5.11 Å². The molecule has 0 aliphatic rings. The number of nitrogens with two attached hydrogens (primary N) is 1. The Morgan fingerprint density at radius 2 is 1.79 bits per heavy atom. The van der Waals surface area contributed by atoms with Crippen molar-refractivity contribution in [3.8, 4) is 0 Å². The monoisotopic (exact) mass is 190 g/mol. The van der Waals surface area contributed by atoms with E-state index in [2.05, 4.69) is 12.1 Å². The topological polar surface area (TPSA) is 51.2 Å². The molecule has 1 aromatic carbocycles. The molecule has 1 aromatic heterocycles. The van der Waals surface area contributed by atoms with Crippen molar-refractivity contribution in [2.75, 3.05) is 6.54 Å². The Kier molecular flexibility index (Phi) is 2.52. The molecule has 3 N–H and O–H groups in total. The summed E-state index contributed by atoms with van der Waals surface area (Å²) >= 11 is 0. The zero-order chi connectivity index (χ0) is 9.97. The standard InChI is InChI=1S/C11H14N2O/c12-5-11(14)8-13-6-9-3-1-2-4-10(9)7-13/h1-4,6-7,11,14H,5,8,12H2/t11-/m1/s1. The highest BCUT2D eigenvalue weighted by Gasteiger charge is 2.03. The van der Waals surface area contributed by atoms with Crippen molar-refractivity contribution in [2.45, 2.75) is 12.6 Å². The first-order chi connectivity index (χ1) is 6.79. The lowest BCUT2D eigenvalue weighted by Crippen LogP contribution is -2.24. The van der Waals surface area contributed by atoms with Crippen LogP contribution in [0.25, 0.3) is 10.8 Å². The van der Waals surface area contributed by atoms with Crippen molar-refractivity contribution >= 4 is 10.8 Å². The largest absolute Gasteiger partial charge is 0.390 e. The van der Waals surface area contributed by atoms with Crippen molar-refractivity contribution in [3.63, 3.8) is 0 Å². The van der Waals surface area contributed by atoms with Crippen molar-refractivity contribution in [2.24, 2.45) is 5.73 Å². The SMILES string of the molecule is NC[C@@H](O)Cn1cc2ccccc2c1. The van der Waals surface area contributed by atoms with Crippen LogP contribution in [0.5, 0.6) is 0 Å². The number of rotatable bonds is 3. The van der Waals surface area contributed by atoms with E-state index < -0.39 is 6.10 Å². The van der Waals surface area contributed by atoms with Gasteiger partial charge in [0.1, 0.15) is 0 Å².